The number of thiophene rings is 1. The van der Waals surface area contributed by atoms with Gasteiger partial charge in [0.15, 0.2) is 0 Å². The van der Waals surface area contributed by atoms with E-state index in [0.29, 0.717) is 0 Å². The van der Waals surface area contributed by atoms with Crippen molar-refractivity contribution < 1.29 is 0 Å². The minimum Gasteiger partial charge on any atom is -0.305 e. The van der Waals surface area contributed by atoms with Crippen LogP contribution in [0.1, 0.15) is 0 Å². The summed E-state index contributed by atoms with van der Waals surface area (Å²) in [5, 5.41) is 0. The molecule has 0 radical (unpaired) electrons. The molecular formula is C11H6Br2N2S. The van der Waals surface area contributed by atoms with Gasteiger partial charge in [-0.05, 0) is 56.1 Å². The molecule has 3 aromatic rings. The number of nitrogens with zero attached hydrogens (tertiary/aromatic N) is 2. The fraction of sp³-hybridized carbons (Fsp3) is 0. The Labute approximate surface area is 113 Å². The van der Waals surface area contributed by atoms with Crippen molar-refractivity contribution in [3.63, 3.8) is 0 Å². The van der Waals surface area contributed by atoms with Crippen LogP contribution in [0.4, 0.5) is 0 Å². The Morgan fingerprint density at radius 3 is 2.69 bits per heavy atom. The quantitative estimate of drug-likeness (QED) is 0.622. The minimum atomic E-state index is 0.961. The zero-order valence-electron chi connectivity index (χ0n) is 8.02. The zero-order chi connectivity index (χ0) is 11.1. The van der Waals surface area contributed by atoms with E-state index in [1.807, 2.05) is 35.0 Å². The van der Waals surface area contributed by atoms with E-state index in [2.05, 4.69) is 42.9 Å². The predicted octanol–water partition coefficient (Wildman–Crippen LogP) is 4.59. The summed E-state index contributed by atoms with van der Waals surface area (Å²) in [6.45, 7) is 0. The number of fused-ring (bicyclic) bond motifs is 1. The number of halogens is 2. The Hall–Kier alpha value is -0.650. The third-order valence-electron chi connectivity index (χ3n) is 2.24. The third-order valence-corrected chi connectivity index (χ3v) is 4.36. The third kappa shape index (κ3) is 1.83. The van der Waals surface area contributed by atoms with Crippen molar-refractivity contribution >= 4 is 48.8 Å². The van der Waals surface area contributed by atoms with Crippen LogP contribution in [0.15, 0.2) is 44.9 Å². The monoisotopic (exact) mass is 356 g/mol. The van der Waals surface area contributed by atoms with Crippen LogP contribution in [-0.4, -0.2) is 9.38 Å². The molecule has 0 saturated heterocycles. The fourth-order valence-electron chi connectivity index (χ4n) is 1.54. The van der Waals surface area contributed by atoms with Crippen LogP contribution >= 0.6 is 43.2 Å². The van der Waals surface area contributed by atoms with Gasteiger partial charge in [0.1, 0.15) is 5.65 Å². The Balaban J connectivity index is 2.18. The molecule has 0 saturated carbocycles. The summed E-state index contributed by atoms with van der Waals surface area (Å²) < 4.78 is 4.20. The highest BCUT2D eigenvalue weighted by Gasteiger charge is 2.06. The van der Waals surface area contributed by atoms with Gasteiger partial charge in [-0.1, -0.05) is 0 Å². The topological polar surface area (TPSA) is 17.3 Å². The van der Waals surface area contributed by atoms with Crippen LogP contribution < -0.4 is 0 Å². The van der Waals surface area contributed by atoms with Gasteiger partial charge in [-0.2, -0.15) is 0 Å². The van der Waals surface area contributed by atoms with Crippen molar-refractivity contribution in [1.29, 1.82) is 0 Å². The Morgan fingerprint density at radius 2 is 1.94 bits per heavy atom. The molecule has 2 nitrogen and oxygen atoms in total. The molecule has 0 spiro atoms. The molecular weight excluding hydrogens is 352 g/mol. The zero-order valence-corrected chi connectivity index (χ0v) is 12.0. The summed E-state index contributed by atoms with van der Waals surface area (Å²) in [5.74, 6) is 0. The van der Waals surface area contributed by atoms with Crippen molar-refractivity contribution in [1.82, 2.24) is 9.38 Å². The van der Waals surface area contributed by atoms with Gasteiger partial charge in [0.2, 0.25) is 0 Å². The first kappa shape index (κ1) is 10.5. The first-order chi connectivity index (χ1) is 7.72. The van der Waals surface area contributed by atoms with E-state index in [0.717, 1.165) is 19.6 Å². The van der Waals surface area contributed by atoms with Crippen molar-refractivity contribution in [3.8, 4) is 10.6 Å². The second-order valence-corrected chi connectivity index (χ2v) is 6.72. The number of hydrogen-bond donors (Lipinski definition) is 0. The molecule has 3 heterocycles. The number of pyridine rings is 1. The summed E-state index contributed by atoms with van der Waals surface area (Å²) in [5.41, 5.74) is 1.97. The van der Waals surface area contributed by atoms with Crippen molar-refractivity contribution in [2.45, 2.75) is 0 Å². The summed E-state index contributed by atoms with van der Waals surface area (Å²) in [6, 6.07) is 8.11. The van der Waals surface area contributed by atoms with Crippen LogP contribution in [0.25, 0.3) is 16.2 Å². The van der Waals surface area contributed by atoms with Crippen LogP contribution in [-0.2, 0) is 0 Å². The lowest BCUT2D eigenvalue weighted by Gasteiger charge is -1.91. The van der Waals surface area contributed by atoms with Crippen LogP contribution in [0.5, 0.6) is 0 Å². The lowest BCUT2D eigenvalue weighted by atomic mass is 10.4. The first-order valence-corrected chi connectivity index (χ1v) is 7.02. The molecule has 0 unspecified atom stereocenters. The fourth-order valence-corrected chi connectivity index (χ4v) is 3.23. The summed E-state index contributed by atoms with van der Waals surface area (Å²) >= 11 is 8.60. The number of hydrogen-bond acceptors (Lipinski definition) is 2. The molecule has 0 fully saturated rings. The molecule has 3 rings (SSSR count). The molecule has 0 atom stereocenters. The van der Waals surface area contributed by atoms with E-state index in [9.17, 15) is 0 Å². The molecule has 0 aliphatic rings. The van der Waals surface area contributed by atoms with Crippen LogP contribution in [0.3, 0.4) is 0 Å². The standard InChI is InChI=1S/C11H6Br2N2S/c12-7-1-4-11-14-8(6-15(11)5-7)9-2-3-10(13)16-9/h1-6H. The highest BCUT2D eigenvalue weighted by molar-refractivity contribution is 9.11. The summed E-state index contributed by atoms with van der Waals surface area (Å²) in [6.07, 6.45) is 4.05. The van der Waals surface area contributed by atoms with E-state index in [-0.39, 0.29) is 0 Å². The smallest absolute Gasteiger partial charge is 0.137 e. The van der Waals surface area contributed by atoms with E-state index >= 15 is 0 Å². The van der Waals surface area contributed by atoms with Gasteiger partial charge >= 0.3 is 0 Å². The summed E-state index contributed by atoms with van der Waals surface area (Å²) in [4.78, 5) is 5.74. The average Bonchev–Trinajstić information content (AvgIpc) is 2.83. The van der Waals surface area contributed by atoms with Crippen molar-refractivity contribution in [3.05, 3.63) is 44.9 Å². The summed E-state index contributed by atoms with van der Waals surface area (Å²) in [7, 11) is 0. The Morgan fingerprint density at radius 1 is 1.06 bits per heavy atom. The highest BCUT2D eigenvalue weighted by Crippen LogP contribution is 2.30. The molecule has 80 valence electrons. The maximum atomic E-state index is 4.57. The van der Waals surface area contributed by atoms with Gasteiger partial charge in [-0.3, -0.25) is 0 Å². The highest BCUT2D eigenvalue weighted by atomic mass is 79.9. The molecule has 3 aromatic heterocycles. The molecule has 0 bridgehead atoms. The van der Waals surface area contributed by atoms with Crippen molar-refractivity contribution in [2.75, 3.05) is 0 Å². The first-order valence-electron chi connectivity index (χ1n) is 4.62. The molecule has 5 heteroatoms. The van der Waals surface area contributed by atoms with Crippen molar-refractivity contribution in [2.24, 2.45) is 0 Å². The van der Waals surface area contributed by atoms with Crippen LogP contribution in [0.2, 0.25) is 0 Å². The van der Waals surface area contributed by atoms with E-state index in [1.165, 1.54) is 4.88 Å². The molecule has 16 heavy (non-hydrogen) atoms. The second kappa shape index (κ2) is 3.98. The van der Waals surface area contributed by atoms with Gasteiger partial charge in [0, 0.05) is 16.9 Å². The molecule has 0 aliphatic carbocycles. The average molecular weight is 358 g/mol. The van der Waals surface area contributed by atoms with Gasteiger partial charge in [-0.25, -0.2) is 4.98 Å². The number of aromatic nitrogens is 2. The molecule has 0 aliphatic heterocycles. The van der Waals surface area contributed by atoms with Gasteiger partial charge < -0.3 is 4.40 Å². The largest absolute Gasteiger partial charge is 0.305 e. The Bertz CT molecular complexity index is 657. The Kier molecular flexibility index (Phi) is 2.61. The SMILES string of the molecule is Brc1ccc2nc(-c3ccc(Br)s3)cn2c1. The molecule has 0 N–H and O–H groups in total. The van der Waals surface area contributed by atoms with E-state index < -0.39 is 0 Å². The second-order valence-electron chi connectivity index (χ2n) is 3.34. The van der Waals surface area contributed by atoms with E-state index in [1.54, 1.807) is 11.3 Å². The van der Waals surface area contributed by atoms with Gasteiger partial charge in [0.05, 0.1) is 14.4 Å². The van der Waals surface area contributed by atoms with Gasteiger partial charge in [0.25, 0.3) is 0 Å². The maximum Gasteiger partial charge on any atom is 0.137 e. The number of imidazole rings is 1. The number of rotatable bonds is 1. The molecule has 0 aromatic carbocycles. The van der Waals surface area contributed by atoms with Crippen LogP contribution in [0, 0.1) is 0 Å². The van der Waals surface area contributed by atoms with E-state index in [4.69, 9.17) is 0 Å². The lowest BCUT2D eigenvalue weighted by molar-refractivity contribution is 1.17. The maximum absolute atomic E-state index is 4.57. The molecule has 0 amide bonds. The van der Waals surface area contributed by atoms with Gasteiger partial charge in [-0.15, -0.1) is 11.3 Å². The lowest BCUT2D eigenvalue weighted by Crippen LogP contribution is -1.80. The minimum absolute atomic E-state index is 0.961. The normalized spacial score (nSPS) is 11.1. The predicted molar refractivity (Wildman–Crippen MR) is 73.9 cm³/mol.